The quantitative estimate of drug-likeness (QED) is 0.576. The van der Waals surface area contributed by atoms with E-state index < -0.39 is 4.92 Å². The molecule has 1 N–H and O–H groups in total. The van der Waals surface area contributed by atoms with Crippen LogP contribution in [0.1, 0.15) is 15.2 Å². The molecular formula is C16H12N2O3S. The standard InChI is InChI=1S/C16H12N2O3S/c1-10-13-7-2-3-8-14(13)22-15(10)16(19)17-11-5-4-6-12(9-11)18(20)21/h2-9H,1H3,(H,17,19). The number of fused-ring (bicyclic) bond motifs is 1. The highest BCUT2D eigenvalue weighted by atomic mass is 32.1. The van der Waals surface area contributed by atoms with Crippen LogP contribution in [0.2, 0.25) is 0 Å². The summed E-state index contributed by atoms with van der Waals surface area (Å²) in [6.07, 6.45) is 0. The molecule has 0 atom stereocenters. The summed E-state index contributed by atoms with van der Waals surface area (Å²) in [5, 5.41) is 14.6. The average Bonchev–Trinajstić information content (AvgIpc) is 2.85. The van der Waals surface area contributed by atoms with E-state index in [1.165, 1.54) is 23.5 Å². The Morgan fingerprint density at radius 3 is 2.68 bits per heavy atom. The lowest BCUT2D eigenvalue weighted by Gasteiger charge is -2.04. The van der Waals surface area contributed by atoms with Gasteiger partial charge in [-0.15, -0.1) is 11.3 Å². The molecule has 110 valence electrons. The number of anilines is 1. The van der Waals surface area contributed by atoms with Crippen LogP contribution in [0, 0.1) is 17.0 Å². The van der Waals surface area contributed by atoms with Gasteiger partial charge in [-0.2, -0.15) is 0 Å². The summed E-state index contributed by atoms with van der Waals surface area (Å²) >= 11 is 1.42. The van der Waals surface area contributed by atoms with Crippen molar-refractivity contribution in [1.82, 2.24) is 0 Å². The molecule has 5 nitrogen and oxygen atoms in total. The Morgan fingerprint density at radius 1 is 1.18 bits per heavy atom. The lowest BCUT2D eigenvalue weighted by Crippen LogP contribution is -2.11. The summed E-state index contributed by atoms with van der Waals surface area (Å²) < 4.78 is 1.05. The summed E-state index contributed by atoms with van der Waals surface area (Å²) in [6, 6.07) is 13.7. The van der Waals surface area contributed by atoms with Gasteiger partial charge in [0.1, 0.15) is 0 Å². The molecule has 2 aromatic carbocycles. The molecule has 0 aliphatic heterocycles. The normalized spacial score (nSPS) is 10.6. The molecule has 0 unspecified atom stereocenters. The fraction of sp³-hybridized carbons (Fsp3) is 0.0625. The third-order valence-corrected chi connectivity index (χ3v) is 4.64. The zero-order valence-electron chi connectivity index (χ0n) is 11.7. The Hall–Kier alpha value is -2.73. The molecule has 0 radical (unpaired) electrons. The number of hydrogen-bond acceptors (Lipinski definition) is 4. The maximum absolute atomic E-state index is 12.4. The Labute approximate surface area is 130 Å². The number of carbonyl (C=O) groups excluding carboxylic acids is 1. The highest BCUT2D eigenvalue weighted by Gasteiger charge is 2.16. The van der Waals surface area contributed by atoms with Crippen molar-refractivity contribution in [1.29, 1.82) is 0 Å². The number of thiophene rings is 1. The van der Waals surface area contributed by atoms with Crippen molar-refractivity contribution in [2.45, 2.75) is 6.92 Å². The number of aryl methyl sites for hydroxylation is 1. The van der Waals surface area contributed by atoms with Crippen molar-refractivity contribution in [3.05, 3.63) is 69.1 Å². The first-order valence-electron chi connectivity index (χ1n) is 6.60. The number of amides is 1. The van der Waals surface area contributed by atoms with Gasteiger partial charge in [-0.25, -0.2) is 0 Å². The second-order valence-electron chi connectivity index (χ2n) is 4.81. The number of hydrogen-bond donors (Lipinski definition) is 1. The minimum Gasteiger partial charge on any atom is -0.321 e. The summed E-state index contributed by atoms with van der Waals surface area (Å²) in [4.78, 5) is 23.3. The molecule has 0 aliphatic rings. The van der Waals surface area contributed by atoms with E-state index in [9.17, 15) is 14.9 Å². The number of nitro groups is 1. The van der Waals surface area contributed by atoms with Gasteiger partial charge in [0, 0.05) is 22.5 Å². The van der Waals surface area contributed by atoms with Gasteiger partial charge in [-0.3, -0.25) is 14.9 Å². The molecule has 1 aromatic heterocycles. The van der Waals surface area contributed by atoms with Crippen LogP contribution in [0.5, 0.6) is 0 Å². The van der Waals surface area contributed by atoms with E-state index in [4.69, 9.17) is 0 Å². The fourth-order valence-corrected chi connectivity index (χ4v) is 3.38. The van der Waals surface area contributed by atoms with Gasteiger partial charge in [0.2, 0.25) is 0 Å². The molecule has 0 aliphatic carbocycles. The number of benzene rings is 2. The van der Waals surface area contributed by atoms with Gasteiger partial charge in [0.15, 0.2) is 0 Å². The van der Waals surface area contributed by atoms with E-state index >= 15 is 0 Å². The van der Waals surface area contributed by atoms with E-state index in [2.05, 4.69) is 5.32 Å². The number of rotatable bonds is 3. The van der Waals surface area contributed by atoms with Crippen LogP contribution in [0.25, 0.3) is 10.1 Å². The number of carbonyl (C=O) groups is 1. The fourth-order valence-electron chi connectivity index (χ4n) is 2.28. The molecule has 1 heterocycles. The first-order chi connectivity index (χ1) is 10.6. The molecule has 0 bridgehead atoms. The van der Waals surface area contributed by atoms with Crippen molar-refractivity contribution in [3.63, 3.8) is 0 Å². The minimum absolute atomic E-state index is 0.0501. The lowest BCUT2D eigenvalue weighted by atomic mass is 10.1. The second kappa shape index (κ2) is 5.57. The highest BCUT2D eigenvalue weighted by molar-refractivity contribution is 7.21. The van der Waals surface area contributed by atoms with E-state index in [0.717, 1.165) is 15.6 Å². The van der Waals surface area contributed by atoms with Crippen LogP contribution in [0.15, 0.2) is 48.5 Å². The SMILES string of the molecule is Cc1c(C(=O)Nc2cccc([N+](=O)[O-])c2)sc2ccccc12. The summed E-state index contributed by atoms with van der Waals surface area (Å²) in [7, 11) is 0. The molecule has 22 heavy (non-hydrogen) atoms. The second-order valence-corrected chi connectivity index (χ2v) is 5.87. The molecule has 0 fully saturated rings. The molecule has 0 saturated heterocycles. The maximum atomic E-state index is 12.4. The summed E-state index contributed by atoms with van der Waals surface area (Å²) in [5.41, 5.74) is 1.28. The van der Waals surface area contributed by atoms with Crippen LogP contribution in [0.4, 0.5) is 11.4 Å². The topological polar surface area (TPSA) is 72.2 Å². The van der Waals surface area contributed by atoms with Gasteiger partial charge in [-0.1, -0.05) is 24.3 Å². The molecule has 1 amide bonds. The van der Waals surface area contributed by atoms with E-state index in [0.29, 0.717) is 10.6 Å². The van der Waals surface area contributed by atoms with E-state index in [1.54, 1.807) is 12.1 Å². The molecular weight excluding hydrogens is 300 g/mol. The number of nitrogens with one attached hydrogen (secondary N) is 1. The monoisotopic (exact) mass is 312 g/mol. The Balaban J connectivity index is 1.92. The van der Waals surface area contributed by atoms with Gasteiger partial charge in [-0.05, 0) is 30.0 Å². The van der Waals surface area contributed by atoms with Crippen molar-refractivity contribution in [2.75, 3.05) is 5.32 Å². The minimum atomic E-state index is -0.486. The third-order valence-electron chi connectivity index (χ3n) is 3.36. The summed E-state index contributed by atoms with van der Waals surface area (Å²) in [6.45, 7) is 1.90. The van der Waals surface area contributed by atoms with E-state index in [-0.39, 0.29) is 11.6 Å². The predicted octanol–water partition coefficient (Wildman–Crippen LogP) is 4.37. The Bertz CT molecular complexity index is 886. The van der Waals surface area contributed by atoms with Crippen molar-refractivity contribution >= 4 is 38.7 Å². The number of non-ortho nitro benzene ring substituents is 1. The van der Waals surface area contributed by atoms with Gasteiger partial charge < -0.3 is 5.32 Å². The largest absolute Gasteiger partial charge is 0.321 e. The average molecular weight is 312 g/mol. The highest BCUT2D eigenvalue weighted by Crippen LogP contribution is 2.31. The van der Waals surface area contributed by atoms with Crippen LogP contribution in [0.3, 0.4) is 0 Å². The van der Waals surface area contributed by atoms with Crippen molar-refractivity contribution in [2.24, 2.45) is 0 Å². The molecule has 3 rings (SSSR count). The molecule has 0 saturated carbocycles. The van der Waals surface area contributed by atoms with Crippen molar-refractivity contribution in [3.8, 4) is 0 Å². The van der Waals surface area contributed by atoms with Crippen LogP contribution >= 0.6 is 11.3 Å². The molecule has 6 heteroatoms. The van der Waals surface area contributed by atoms with Gasteiger partial charge in [0.25, 0.3) is 11.6 Å². The van der Waals surface area contributed by atoms with Crippen LogP contribution in [-0.4, -0.2) is 10.8 Å². The predicted molar refractivity (Wildman–Crippen MR) is 87.6 cm³/mol. The Kier molecular flexibility index (Phi) is 3.60. The zero-order valence-corrected chi connectivity index (χ0v) is 12.5. The lowest BCUT2D eigenvalue weighted by molar-refractivity contribution is -0.384. The van der Waals surface area contributed by atoms with Crippen molar-refractivity contribution < 1.29 is 9.72 Å². The number of nitrogens with zero attached hydrogens (tertiary/aromatic N) is 1. The first-order valence-corrected chi connectivity index (χ1v) is 7.42. The van der Waals surface area contributed by atoms with Gasteiger partial charge >= 0.3 is 0 Å². The number of nitro benzene ring substituents is 1. The third kappa shape index (κ3) is 2.56. The van der Waals surface area contributed by atoms with Crippen LogP contribution < -0.4 is 5.32 Å². The van der Waals surface area contributed by atoms with Crippen LogP contribution in [-0.2, 0) is 0 Å². The summed E-state index contributed by atoms with van der Waals surface area (Å²) in [5.74, 6) is -0.251. The molecule has 3 aromatic rings. The smallest absolute Gasteiger partial charge is 0.271 e. The van der Waals surface area contributed by atoms with Gasteiger partial charge in [0.05, 0.1) is 9.80 Å². The first kappa shape index (κ1) is 14.2. The maximum Gasteiger partial charge on any atom is 0.271 e. The Morgan fingerprint density at radius 2 is 1.95 bits per heavy atom. The van der Waals surface area contributed by atoms with E-state index in [1.807, 2.05) is 31.2 Å². The zero-order chi connectivity index (χ0) is 15.7. The molecule has 0 spiro atoms.